The summed E-state index contributed by atoms with van der Waals surface area (Å²) in [7, 11) is 1.61. The lowest BCUT2D eigenvalue weighted by molar-refractivity contribution is -0.125. The molecule has 3 aromatic rings. The number of ether oxygens (including phenoxy) is 1. The summed E-state index contributed by atoms with van der Waals surface area (Å²) in [6, 6.07) is 8.36. The van der Waals surface area contributed by atoms with Crippen molar-refractivity contribution in [2.24, 2.45) is 0 Å². The maximum atomic E-state index is 14.4. The van der Waals surface area contributed by atoms with Crippen LogP contribution in [0.3, 0.4) is 0 Å². The summed E-state index contributed by atoms with van der Waals surface area (Å²) in [5.41, 5.74) is 1.79. The first-order valence-electron chi connectivity index (χ1n) is 10.6. The van der Waals surface area contributed by atoms with Crippen LogP contribution in [-0.2, 0) is 11.3 Å². The second-order valence-electron chi connectivity index (χ2n) is 7.65. The summed E-state index contributed by atoms with van der Waals surface area (Å²) < 4.78 is 20.0. The Morgan fingerprint density at radius 3 is 2.97 bits per heavy atom. The molecule has 2 heterocycles. The molecule has 0 spiro atoms. The van der Waals surface area contributed by atoms with Crippen LogP contribution >= 0.6 is 11.6 Å². The van der Waals surface area contributed by atoms with Crippen LogP contribution in [0.2, 0.25) is 5.02 Å². The minimum Gasteiger partial charge on any atom is -0.496 e. The summed E-state index contributed by atoms with van der Waals surface area (Å²) in [5, 5.41) is 6.70. The van der Waals surface area contributed by atoms with Gasteiger partial charge in [-0.25, -0.2) is 14.4 Å². The standard InChI is InChI=1S/C23H25ClFN5O2/c1-3-26-23(31)19-8-5-9-30(19)12-14-10-15-18(11-20(14)32-2)27-13-28-22(15)29-17-7-4-6-16(24)21(17)25/h4,6-7,10-11,13,19H,3,5,8-9,12H2,1-2H3,(H,26,31)(H,27,28,29)/t19-/m1/s1. The quantitative estimate of drug-likeness (QED) is 0.551. The first kappa shape index (κ1) is 22.2. The molecule has 0 bridgehead atoms. The Labute approximate surface area is 190 Å². The average Bonchev–Trinajstić information content (AvgIpc) is 3.25. The monoisotopic (exact) mass is 457 g/mol. The lowest BCUT2D eigenvalue weighted by Crippen LogP contribution is -2.42. The lowest BCUT2D eigenvalue weighted by atomic mass is 10.1. The smallest absolute Gasteiger partial charge is 0.237 e. The van der Waals surface area contributed by atoms with E-state index in [0.29, 0.717) is 30.2 Å². The van der Waals surface area contributed by atoms with Crippen molar-refractivity contribution < 1.29 is 13.9 Å². The highest BCUT2D eigenvalue weighted by Gasteiger charge is 2.31. The van der Waals surface area contributed by atoms with Crippen LogP contribution in [0.4, 0.5) is 15.9 Å². The van der Waals surface area contributed by atoms with Gasteiger partial charge >= 0.3 is 0 Å². The van der Waals surface area contributed by atoms with E-state index in [1.54, 1.807) is 19.2 Å². The number of methoxy groups -OCH3 is 1. The summed E-state index contributed by atoms with van der Waals surface area (Å²) in [6.07, 6.45) is 3.20. The van der Waals surface area contributed by atoms with E-state index in [4.69, 9.17) is 16.3 Å². The Morgan fingerprint density at radius 2 is 2.19 bits per heavy atom. The van der Waals surface area contributed by atoms with Gasteiger partial charge in [-0.1, -0.05) is 17.7 Å². The maximum Gasteiger partial charge on any atom is 0.237 e. The summed E-state index contributed by atoms with van der Waals surface area (Å²) in [4.78, 5) is 23.3. The fourth-order valence-electron chi connectivity index (χ4n) is 4.09. The van der Waals surface area contributed by atoms with E-state index >= 15 is 0 Å². The zero-order chi connectivity index (χ0) is 22.7. The number of benzene rings is 2. The molecule has 0 unspecified atom stereocenters. The van der Waals surface area contributed by atoms with Crippen LogP contribution in [0.25, 0.3) is 10.9 Å². The number of likely N-dealkylation sites (N-methyl/N-ethyl adjacent to an activating group) is 1. The predicted octanol–water partition coefficient (Wildman–Crippen LogP) is 4.28. The Kier molecular flexibility index (Phi) is 6.72. The van der Waals surface area contributed by atoms with E-state index < -0.39 is 5.82 Å². The van der Waals surface area contributed by atoms with Crippen molar-refractivity contribution in [3.05, 3.63) is 53.1 Å². The van der Waals surface area contributed by atoms with E-state index in [2.05, 4.69) is 25.5 Å². The van der Waals surface area contributed by atoms with Gasteiger partial charge in [0.1, 0.15) is 17.9 Å². The number of rotatable bonds is 7. The normalized spacial score (nSPS) is 16.3. The van der Waals surface area contributed by atoms with Crippen molar-refractivity contribution in [1.82, 2.24) is 20.2 Å². The molecule has 1 saturated heterocycles. The number of amides is 1. The number of hydrogen-bond donors (Lipinski definition) is 2. The summed E-state index contributed by atoms with van der Waals surface area (Å²) in [6.45, 7) is 3.89. The second-order valence-corrected chi connectivity index (χ2v) is 8.06. The fraction of sp³-hybridized carbons (Fsp3) is 0.348. The Hall–Kier alpha value is -2.97. The molecule has 1 aliphatic rings. The molecule has 1 aliphatic heterocycles. The summed E-state index contributed by atoms with van der Waals surface area (Å²) in [5.74, 6) is 0.641. The molecule has 0 radical (unpaired) electrons. The zero-order valence-corrected chi connectivity index (χ0v) is 18.7. The van der Waals surface area contributed by atoms with Crippen LogP contribution in [0.15, 0.2) is 36.7 Å². The highest BCUT2D eigenvalue weighted by molar-refractivity contribution is 6.31. The van der Waals surface area contributed by atoms with Gasteiger partial charge in [0.25, 0.3) is 0 Å². The molecule has 2 aromatic carbocycles. The van der Waals surface area contributed by atoms with Gasteiger partial charge in [0.2, 0.25) is 5.91 Å². The summed E-state index contributed by atoms with van der Waals surface area (Å²) >= 11 is 5.92. The number of likely N-dealkylation sites (tertiary alicyclic amines) is 1. The van der Waals surface area contributed by atoms with Crippen molar-refractivity contribution in [2.75, 3.05) is 25.5 Å². The largest absolute Gasteiger partial charge is 0.496 e. The molecule has 1 amide bonds. The Bertz CT molecular complexity index is 1140. The molecule has 1 fully saturated rings. The van der Waals surface area contributed by atoms with Crippen molar-refractivity contribution in [2.45, 2.75) is 32.4 Å². The van der Waals surface area contributed by atoms with E-state index in [1.165, 1.54) is 12.4 Å². The molecule has 4 rings (SSSR count). The number of anilines is 2. The van der Waals surface area contributed by atoms with Crippen LogP contribution in [0.5, 0.6) is 5.75 Å². The number of aromatic nitrogens is 2. The SMILES string of the molecule is CCNC(=O)[C@H]1CCCN1Cc1cc2c(Nc3cccc(Cl)c3F)ncnc2cc1OC. The number of carbonyl (C=O) groups excluding carboxylic acids is 1. The third-order valence-electron chi connectivity index (χ3n) is 5.63. The highest BCUT2D eigenvalue weighted by atomic mass is 35.5. The molecule has 9 heteroatoms. The van der Waals surface area contributed by atoms with Gasteiger partial charge in [0.05, 0.1) is 29.4 Å². The number of halogens is 2. The topological polar surface area (TPSA) is 79.4 Å². The zero-order valence-electron chi connectivity index (χ0n) is 18.0. The van der Waals surface area contributed by atoms with Gasteiger partial charge in [-0.15, -0.1) is 0 Å². The number of nitrogens with zero attached hydrogens (tertiary/aromatic N) is 3. The first-order chi connectivity index (χ1) is 15.5. The maximum absolute atomic E-state index is 14.4. The molecule has 1 atom stereocenters. The number of carbonyl (C=O) groups is 1. The molecular weight excluding hydrogens is 433 g/mol. The molecular formula is C23H25ClFN5O2. The van der Waals surface area contributed by atoms with E-state index in [1.807, 2.05) is 19.1 Å². The first-order valence-corrected chi connectivity index (χ1v) is 10.9. The third-order valence-corrected chi connectivity index (χ3v) is 5.92. The highest BCUT2D eigenvalue weighted by Crippen LogP contribution is 2.33. The third kappa shape index (κ3) is 4.47. The van der Waals surface area contributed by atoms with Gasteiger partial charge < -0.3 is 15.4 Å². The Balaban J connectivity index is 1.69. The molecule has 2 N–H and O–H groups in total. The second kappa shape index (κ2) is 9.67. The molecule has 0 saturated carbocycles. The molecule has 1 aromatic heterocycles. The Morgan fingerprint density at radius 1 is 1.34 bits per heavy atom. The molecule has 0 aliphatic carbocycles. The van der Waals surface area contributed by atoms with Gasteiger partial charge in [-0.3, -0.25) is 9.69 Å². The van der Waals surface area contributed by atoms with Crippen LogP contribution in [0, 0.1) is 5.82 Å². The van der Waals surface area contributed by atoms with Gasteiger partial charge in [0, 0.05) is 30.1 Å². The lowest BCUT2D eigenvalue weighted by Gasteiger charge is -2.24. The molecule has 7 nitrogen and oxygen atoms in total. The van der Waals surface area contributed by atoms with E-state index in [-0.39, 0.29) is 22.7 Å². The van der Waals surface area contributed by atoms with Crippen LogP contribution in [0.1, 0.15) is 25.3 Å². The van der Waals surface area contributed by atoms with Crippen molar-refractivity contribution in [3.63, 3.8) is 0 Å². The van der Waals surface area contributed by atoms with Crippen molar-refractivity contribution in [3.8, 4) is 5.75 Å². The minimum absolute atomic E-state index is 0.0288. The van der Waals surface area contributed by atoms with Gasteiger partial charge in [0.15, 0.2) is 5.82 Å². The van der Waals surface area contributed by atoms with E-state index in [0.717, 1.165) is 30.3 Å². The van der Waals surface area contributed by atoms with Crippen LogP contribution < -0.4 is 15.4 Å². The molecule has 168 valence electrons. The predicted molar refractivity (Wildman–Crippen MR) is 123 cm³/mol. The van der Waals surface area contributed by atoms with Gasteiger partial charge in [-0.05, 0) is 44.5 Å². The van der Waals surface area contributed by atoms with Crippen molar-refractivity contribution >= 4 is 39.9 Å². The molecule has 32 heavy (non-hydrogen) atoms. The van der Waals surface area contributed by atoms with Gasteiger partial charge in [-0.2, -0.15) is 0 Å². The number of hydrogen-bond acceptors (Lipinski definition) is 6. The van der Waals surface area contributed by atoms with E-state index in [9.17, 15) is 9.18 Å². The van der Waals surface area contributed by atoms with Crippen molar-refractivity contribution in [1.29, 1.82) is 0 Å². The van der Waals surface area contributed by atoms with Crippen LogP contribution in [-0.4, -0.2) is 47.0 Å². The number of fused-ring (bicyclic) bond motifs is 1. The number of nitrogens with one attached hydrogen (secondary N) is 2. The minimum atomic E-state index is -0.545. The average molecular weight is 458 g/mol. The fourth-order valence-corrected chi connectivity index (χ4v) is 4.27.